The molecule has 1 aliphatic carbocycles. The topological polar surface area (TPSA) is 119 Å². The number of H-pyrrole nitrogens is 1. The van der Waals surface area contributed by atoms with E-state index in [1.54, 1.807) is 4.68 Å². The van der Waals surface area contributed by atoms with E-state index in [1.165, 1.54) is 0 Å². The summed E-state index contributed by atoms with van der Waals surface area (Å²) in [4.78, 5) is 26.3. The van der Waals surface area contributed by atoms with E-state index in [0.717, 1.165) is 59.2 Å². The van der Waals surface area contributed by atoms with Gasteiger partial charge in [0.05, 0.1) is 6.04 Å². The fraction of sp³-hybridized carbons (Fsp3) is 0.393. The molecule has 0 amide bonds. The smallest absolute Gasteiger partial charge is 0.331 e. The van der Waals surface area contributed by atoms with Crippen molar-refractivity contribution in [1.29, 1.82) is 0 Å². The van der Waals surface area contributed by atoms with Crippen molar-refractivity contribution in [3.63, 3.8) is 0 Å². The predicted octanol–water partition coefficient (Wildman–Crippen LogP) is 4.34. The Kier molecular flexibility index (Phi) is 5.78. The number of hydrogen-bond donors (Lipinski definition) is 2. The highest BCUT2D eigenvalue weighted by molar-refractivity contribution is 5.80. The van der Waals surface area contributed by atoms with Gasteiger partial charge in [0, 0.05) is 23.2 Å². The van der Waals surface area contributed by atoms with E-state index in [4.69, 9.17) is 0 Å². The van der Waals surface area contributed by atoms with E-state index in [2.05, 4.69) is 39.7 Å². The number of rotatable bonds is 8. The summed E-state index contributed by atoms with van der Waals surface area (Å²) in [5.74, 6) is -0.280. The maximum absolute atomic E-state index is 13.7. The van der Waals surface area contributed by atoms with E-state index >= 15 is 0 Å². The summed E-state index contributed by atoms with van der Waals surface area (Å²) in [5.41, 5.74) is 4.56. The van der Waals surface area contributed by atoms with Gasteiger partial charge in [-0.1, -0.05) is 61.9 Å². The highest BCUT2D eigenvalue weighted by Gasteiger charge is 2.52. The van der Waals surface area contributed by atoms with Crippen LogP contribution in [0.5, 0.6) is 0 Å². The number of carboxylic acids is 1. The molecule has 1 saturated carbocycles. The Morgan fingerprint density at radius 3 is 2.49 bits per heavy atom. The summed E-state index contributed by atoms with van der Waals surface area (Å²) in [6.45, 7) is 2.12. The van der Waals surface area contributed by atoms with Crippen LogP contribution in [0.25, 0.3) is 22.5 Å². The van der Waals surface area contributed by atoms with Crippen LogP contribution >= 0.6 is 0 Å². The molecule has 4 aromatic rings. The van der Waals surface area contributed by atoms with Crippen molar-refractivity contribution in [2.24, 2.45) is 0 Å². The predicted molar refractivity (Wildman–Crippen MR) is 138 cm³/mol. The lowest BCUT2D eigenvalue weighted by Crippen LogP contribution is -2.55. The lowest BCUT2D eigenvalue weighted by Gasteiger charge is -2.47. The number of carboxylic acid groups (broad SMARTS) is 1. The molecule has 2 aromatic carbocycles. The molecule has 4 heterocycles. The van der Waals surface area contributed by atoms with Gasteiger partial charge in [-0.2, -0.15) is 5.21 Å². The van der Waals surface area contributed by atoms with E-state index in [9.17, 15) is 14.7 Å². The average Bonchev–Trinajstić information content (AvgIpc) is 3.57. The molecule has 9 nitrogen and oxygen atoms in total. The van der Waals surface area contributed by atoms with Crippen molar-refractivity contribution in [3.8, 4) is 22.5 Å². The van der Waals surface area contributed by atoms with E-state index in [1.807, 2.05) is 41.1 Å². The number of unbranched alkanes of at least 4 members (excludes halogenated alkanes) is 1. The first-order valence-corrected chi connectivity index (χ1v) is 13.0. The second kappa shape index (κ2) is 9.14. The minimum Gasteiger partial charge on any atom is -0.479 e. The zero-order valence-electron chi connectivity index (χ0n) is 20.9. The maximum Gasteiger partial charge on any atom is 0.331 e. The number of carbonyl (C=O) groups is 1. The Hall–Kier alpha value is -4.01. The molecule has 37 heavy (non-hydrogen) atoms. The first-order chi connectivity index (χ1) is 18.0. The molecule has 2 aliphatic heterocycles. The summed E-state index contributed by atoms with van der Waals surface area (Å²) < 4.78 is 3.69. The third kappa shape index (κ3) is 3.72. The molecule has 2 N–H and O–H groups in total. The van der Waals surface area contributed by atoms with Crippen LogP contribution in [-0.4, -0.2) is 41.1 Å². The summed E-state index contributed by atoms with van der Waals surface area (Å²) in [6.07, 6.45) is 5.78. The van der Waals surface area contributed by atoms with Crippen molar-refractivity contribution in [1.82, 2.24) is 30.0 Å². The third-order valence-electron chi connectivity index (χ3n) is 8.14. The van der Waals surface area contributed by atoms with Crippen LogP contribution in [0.2, 0.25) is 0 Å². The standard InChI is InChI=1S/C28H30N6O3/c1-2-3-8-24-23(26(35)33-20-13-15-28(16-14-20,27(36)37)34(24)33)17-18-9-11-19(12-10-18)21-6-4-5-7-22(21)25-29-31-32-30-25/h4-7,9-12,20H,2-3,8,13-17H2,1H3,(H,36,37)(H,29,30,31,32). The van der Waals surface area contributed by atoms with Crippen molar-refractivity contribution in [3.05, 3.63) is 75.7 Å². The van der Waals surface area contributed by atoms with Gasteiger partial charge in [0.15, 0.2) is 5.54 Å². The first-order valence-electron chi connectivity index (χ1n) is 13.0. The fourth-order valence-electron chi connectivity index (χ4n) is 6.24. The molecular formula is C28H30N6O3. The molecule has 7 rings (SSSR count). The normalized spacial score (nSPS) is 20.2. The van der Waals surface area contributed by atoms with Crippen molar-refractivity contribution in [2.75, 3.05) is 0 Å². The highest BCUT2D eigenvalue weighted by atomic mass is 16.4. The number of aromatic nitrogens is 6. The largest absolute Gasteiger partial charge is 0.479 e. The van der Waals surface area contributed by atoms with Gasteiger partial charge in [0.1, 0.15) is 0 Å². The van der Waals surface area contributed by atoms with Crippen LogP contribution in [0.3, 0.4) is 0 Å². The van der Waals surface area contributed by atoms with E-state index in [-0.39, 0.29) is 11.6 Å². The second-order valence-corrected chi connectivity index (χ2v) is 10.2. The van der Waals surface area contributed by atoms with E-state index in [0.29, 0.717) is 31.5 Å². The Balaban J connectivity index is 1.38. The van der Waals surface area contributed by atoms with Gasteiger partial charge >= 0.3 is 5.97 Å². The summed E-state index contributed by atoms with van der Waals surface area (Å²) in [7, 11) is 0. The Bertz CT molecular complexity index is 1490. The Morgan fingerprint density at radius 2 is 1.84 bits per heavy atom. The molecule has 3 aliphatic rings. The van der Waals surface area contributed by atoms with Crippen LogP contribution < -0.4 is 5.56 Å². The second-order valence-electron chi connectivity index (χ2n) is 10.2. The zero-order valence-corrected chi connectivity index (χ0v) is 20.9. The van der Waals surface area contributed by atoms with E-state index < -0.39 is 11.5 Å². The molecular weight excluding hydrogens is 468 g/mol. The molecule has 9 heteroatoms. The Morgan fingerprint density at radius 1 is 1.11 bits per heavy atom. The van der Waals surface area contributed by atoms with Crippen molar-refractivity contribution in [2.45, 2.75) is 69.9 Å². The molecule has 2 bridgehead atoms. The van der Waals surface area contributed by atoms with Gasteiger partial charge in [-0.05, 0) is 60.4 Å². The molecule has 1 fully saturated rings. The zero-order chi connectivity index (χ0) is 25.6. The molecule has 0 unspecified atom stereocenters. The summed E-state index contributed by atoms with van der Waals surface area (Å²) >= 11 is 0. The lowest BCUT2D eigenvalue weighted by molar-refractivity contribution is -0.155. The lowest BCUT2D eigenvalue weighted by atomic mass is 9.77. The summed E-state index contributed by atoms with van der Waals surface area (Å²) in [5, 5.41) is 24.7. The van der Waals surface area contributed by atoms with Crippen LogP contribution in [0.4, 0.5) is 0 Å². The molecule has 0 saturated heterocycles. The summed E-state index contributed by atoms with van der Waals surface area (Å²) in [6, 6.07) is 16.2. The average molecular weight is 499 g/mol. The third-order valence-corrected chi connectivity index (χ3v) is 8.14. The van der Waals surface area contributed by atoms with Crippen molar-refractivity contribution < 1.29 is 9.90 Å². The number of tetrazole rings is 1. The SMILES string of the molecule is CCCCc1c(Cc2ccc(-c3ccccc3-c3nn[nH]n3)cc2)c(=O)n2n1C1(C(=O)O)CCC2CC1. The molecule has 2 aromatic heterocycles. The molecule has 0 atom stereocenters. The van der Waals surface area contributed by atoms with Crippen LogP contribution in [-0.2, 0) is 23.2 Å². The Labute approximate surface area is 214 Å². The van der Waals surface area contributed by atoms with Crippen LogP contribution in [0.15, 0.2) is 53.3 Å². The minimum atomic E-state index is -1.00. The number of hydrogen-bond acceptors (Lipinski definition) is 5. The molecule has 0 spiro atoms. The maximum atomic E-state index is 13.7. The van der Waals surface area contributed by atoms with Gasteiger partial charge in [-0.25, -0.2) is 9.48 Å². The fourth-order valence-corrected chi connectivity index (χ4v) is 6.24. The molecule has 190 valence electrons. The number of fused-ring (bicyclic) bond motifs is 2. The van der Waals surface area contributed by atoms with Gasteiger partial charge in [-0.3, -0.25) is 9.48 Å². The van der Waals surface area contributed by atoms with Gasteiger partial charge in [0.25, 0.3) is 5.56 Å². The number of nitrogens with one attached hydrogen (secondary N) is 1. The van der Waals surface area contributed by atoms with Crippen LogP contribution in [0.1, 0.15) is 68.3 Å². The van der Waals surface area contributed by atoms with Crippen LogP contribution in [0, 0.1) is 0 Å². The number of aromatic amines is 1. The van der Waals surface area contributed by atoms with Crippen molar-refractivity contribution >= 4 is 5.97 Å². The van der Waals surface area contributed by atoms with Gasteiger partial charge < -0.3 is 5.11 Å². The highest BCUT2D eigenvalue weighted by Crippen LogP contribution is 2.46. The first kappa shape index (κ1) is 23.4. The number of nitrogens with zero attached hydrogens (tertiary/aromatic N) is 5. The number of aliphatic carboxylic acids is 1. The monoisotopic (exact) mass is 498 g/mol. The minimum absolute atomic E-state index is 0.0207. The van der Waals surface area contributed by atoms with Gasteiger partial charge in [-0.15, -0.1) is 10.2 Å². The molecule has 0 radical (unpaired) electrons. The quantitative estimate of drug-likeness (QED) is 0.373. The number of benzene rings is 2. The van der Waals surface area contributed by atoms with Gasteiger partial charge in [0.2, 0.25) is 5.82 Å².